The van der Waals surface area contributed by atoms with Crippen molar-refractivity contribution in [3.05, 3.63) is 29.8 Å². The van der Waals surface area contributed by atoms with Crippen LogP contribution in [0.25, 0.3) is 0 Å². The Morgan fingerprint density at radius 3 is 2.00 bits per heavy atom. The highest BCUT2D eigenvalue weighted by molar-refractivity contribution is 6.88. The van der Waals surface area contributed by atoms with Gasteiger partial charge in [0.1, 0.15) is 0 Å². The first kappa shape index (κ1) is 10.5. The molecule has 0 bridgehead atoms. The van der Waals surface area contributed by atoms with Crippen LogP contribution in [0, 0.1) is 0 Å². The summed E-state index contributed by atoms with van der Waals surface area (Å²) in [7, 11) is -1.14. The third-order valence-corrected chi connectivity index (χ3v) is 4.29. The Balaban J connectivity index is 2.81. The molecule has 0 unspecified atom stereocenters. The standard InChI is InChI=1S/C11H18OSi/c1-13(2,3)11-6-4-10(5-7-11)8-9-12/h4-7,12H,8-9H2,1-3H3. The summed E-state index contributed by atoms with van der Waals surface area (Å²) in [5, 5.41) is 10.2. The van der Waals surface area contributed by atoms with Gasteiger partial charge in [0, 0.05) is 6.61 Å². The number of hydrogen-bond donors (Lipinski definition) is 1. The van der Waals surface area contributed by atoms with E-state index in [-0.39, 0.29) is 6.61 Å². The molecule has 0 amide bonds. The highest BCUT2D eigenvalue weighted by Crippen LogP contribution is 2.04. The maximum absolute atomic E-state index is 8.76. The van der Waals surface area contributed by atoms with Crippen molar-refractivity contribution in [1.29, 1.82) is 0 Å². The van der Waals surface area contributed by atoms with Crippen LogP contribution in [-0.2, 0) is 6.42 Å². The van der Waals surface area contributed by atoms with Crippen molar-refractivity contribution >= 4 is 13.3 Å². The van der Waals surface area contributed by atoms with Crippen LogP contribution in [0.15, 0.2) is 24.3 Å². The summed E-state index contributed by atoms with van der Waals surface area (Å²) in [5.41, 5.74) is 1.23. The number of aliphatic hydroxyl groups excluding tert-OH is 1. The summed E-state index contributed by atoms with van der Waals surface area (Å²) >= 11 is 0. The lowest BCUT2D eigenvalue weighted by atomic mass is 10.2. The summed E-state index contributed by atoms with van der Waals surface area (Å²) in [6.07, 6.45) is 0.770. The predicted octanol–water partition coefficient (Wildman–Crippen LogP) is 1.77. The third-order valence-electron chi connectivity index (χ3n) is 2.22. The van der Waals surface area contributed by atoms with Crippen molar-refractivity contribution in [2.24, 2.45) is 0 Å². The summed E-state index contributed by atoms with van der Waals surface area (Å²) in [5.74, 6) is 0. The molecule has 0 atom stereocenters. The fourth-order valence-electron chi connectivity index (χ4n) is 1.30. The van der Waals surface area contributed by atoms with E-state index in [0.29, 0.717) is 0 Å². The van der Waals surface area contributed by atoms with Gasteiger partial charge in [0.05, 0.1) is 8.07 Å². The van der Waals surface area contributed by atoms with Gasteiger partial charge < -0.3 is 5.11 Å². The molecule has 0 aliphatic carbocycles. The van der Waals surface area contributed by atoms with Gasteiger partial charge in [-0.2, -0.15) is 0 Å². The molecule has 1 aromatic carbocycles. The van der Waals surface area contributed by atoms with E-state index in [0.717, 1.165) is 6.42 Å². The first-order valence-electron chi connectivity index (χ1n) is 4.74. The first-order valence-corrected chi connectivity index (χ1v) is 8.24. The zero-order valence-electron chi connectivity index (χ0n) is 8.67. The SMILES string of the molecule is C[Si](C)(C)c1ccc(CCO)cc1. The van der Waals surface area contributed by atoms with Crippen molar-refractivity contribution in [2.75, 3.05) is 6.61 Å². The van der Waals surface area contributed by atoms with Gasteiger partial charge in [0.25, 0.3) is 0 Å². The molecule has 2 heteroatoms. The van der Waals surface area contributed by atoms with Crippen LogP contribution in [0.3, 0.4) is 0 Å². The van der Waals surface area contributed by atoms with Gasteiger partial charge in [-0.1, -0.05) is 49.1 Å². The molecule has 72 valence electrons. The van der Waals surface area contributed by atoms with Gasteiger partial charge in [-0.3, -0.25) is 0 Å². The number of benzene rings is 1. The lowest BCUT2D eigenvalue weighted by Gasteiger charge is -2.16. The zero-order chi connectivity index (χ0) is 9.90. The molecular weight excluding hydrogens is 176 g/mol. The molecule has 1 aromatic rings. The Labute approximate surface area is 81.4 Å². The maximum atomic E-state index is 8.76. The molecule has 1 rings (SSSR count). The monoisotopic (exact) mass is 194 g/mol. The smallest absolute Gasteiger partial charge is 0.0775 e. The molecule has 1 N–H and O–H groups in total. The molecule has 0 spiro atoms. The fraction of sp³-hybridized carbons (Fsp3) is 0.455. The van der Waals surface area contributed by atoms with E-state index in [9.17, 15) is 0 Å². The molecule has 0 heterocycles. The molecule has 0 aromatic heterocycles. The molecule has 0 radical (unpaired) electrons. The topological polar surface area (TPSA) is 20.2 Å². The predicted molar refractivity (Wildman–Crippen MR) is 60.2 cm³/mol. The zero-order valence-corrected chi connectivity index (χ0v) is 9.67. The first-order chi connectivity index (χ1) is 6.04. The molecule has 0 aliphatic rings. The van der Waals surface area contributed by atoms with E-state index in [1.54, 1.807) is 0 Å². The highest BCUT2D eigenvalue weighted by atomic mass is 28.3. The van der Waals surface area contributed by atoms with Gasteiger partial charge in [0.2, 0.25) is 0 Å². The second kappa shape index (κ2) is 4.07. The molecule has 0 saturated carbocycles. The number of hydrogen-bond acceptors (Lipinski definition) is 1. The van der Waals surface area contributed by atoms with E-state index < -0.39 is 8.07 Å². The van der Waals surface area contributed by atoms with E-state index in [1.807, 2.05) is 0 Å². The van der Waals surface area contributed by atoms with Crippen LogP contribution >= 0.6 is 0 Å². The quantitative estimate of drug-likeness (QED) is 0.727. The Morgan fingerprint density at radius 2 is 1.62 bits per heavy atom. The molecule has 13 heavy (non-hydrogen) atoms. The second-order valence-corrected chi connectivity index (χ2v) is 9.50. The minimum Gasteiger partial charge on any atom is -0.396 e. The summed E-state index contributed by atoms with van der Waals surface area (Å²) in [4.78, 5) is 0. The summed E-state index contributed by atoms with van der Waals surface area (Å²) in [6, 6.07) is 8.67. The molecule has 1 nitrogen and oxygen atoms in total. The van der Waals surface area contributed by atoms with Crippen LogP contribution in [-0.4, -0.2) is 19.8 Å². The highest BCUT2D eigenvalue weighted by Gasteiger charge is 2.15. The van der Waals surface area contributed by atoms with E-state index in [1.165, 1.54) is 10.8 Å². The van der Waals surface area contributed by atoms with Crippen LogP contribution in [0.2, 0.25) is 19.6 Å². The normalized spacial score (nSPS) is 11.7. The van der Waals surface area contributed by atoms with Gasteiger partial charge >= 0.3 is 0 Å². The lowest BCUT2D eigenvalue weighted by Crippen LogP contribution is -2.37. The van der Waals surface area contributed by atoms with E-state index in [2.05, 4.69) is 43.9 Å². The largest absolute Gasteiger partial charge is 0.396 e. The Bertz CT molecular complexity index is 258. The van der Waals surface area contributed by atoms with Crippen LogP contribution in [0.1, 0.15) is 5.56 Å². The number of aliphatic hydroxyl groups is 1. The Morgan fingerprint density at radius 1 is 1.08 bits per heavy atom. The molecular formula is C11H18OSi. The van der Waals surface area contributed by atoms with Crippen LogP contribution in [0.5, 0.6) is 0 Å². The summed E-state index contributed by atoms with van der Waals surface area (Å²) < 4.78 is 0. The fourth-order valence-corrected chi connectivity index (χ4v) is 2.47. The van der Waals surface area contributed by atoms with Gasteiger partial charge in [-0.15, -0.1) is 0 Å². The third kappa shape index (κ3) is 2.97. The molecule has 0 fully saturated rings. The van der Waals surface area contributed by atoms with Crippen molar-refractivity contribution in [3.8, 4) is 0 Å². The second-order valence-electron chi connectivity index (χ2n) is 4.42. The van der Waals surface area contributed by atoms with Crippen LogP contribution < -0.4 is 5.19 Å². The maximum Gasteiger partial charge on any atom is 0.0775 e. The lowest BCUT2D eigenvalue weighted by molar-refractivity contribution is 0.299. The Kier molecular flexibility index (Phi) is 3.28. The minimum absolute atomic E-state index is 0.242. The van der Waals surface area contributed by atoms with Gasteiger partial charge in [0.15, 0.2) is 0 Å². The average molecular weight is 194 g/mol. The number of rotatable bonds is 3. The molecule has 0 aliphatic heterocycles. The molecule has 0 saturated heterocycles. The van der Waals surface area contributed by atoms with E-state index >= 15 is 0 Å². The van der Waals surface area contributed by atoms with Crippen molar-refractivity contribution in [2.45, 2.75) is 26.1 Å². The van der Waals surface area contributed by atoms with Gasteiger partial charge in [-0.25, -0.2) is 0 Å². The van der Waals surface area contributed by atoms with Crippen molar-refractivity contribution < 1.29 is 5.11 Å². The minimum atomic E-state index is -1.14. The van der Waals surface area contributed by atoms with Crippen molar-refractivity contribution in [3.63, 3.8) is 0 Å². The van der Waals surface area contributed by atoms with Crippen molar-refractivity contribution in [1.82, 2.24) is 0 Å². The summed E-state index contributed by atoms with van der Waals surface area (Å²) in [6.45, 7) is 7.27. The van der Waals surface area contributed by atoms with Gasteiger partial charge in [-0.05, 0) is 12.0 Å². The van der Waals surface area contributed by atoms with Crippen LogP contribution in [0.4, 0.5) is 0 Å². The average Bonchev–Trinajstić information content (AvgIpc) is 2.04. The Hall–Kier alpha value is -0.603. The van der Waals surface area contributed by atoms with E-state index in [4.69, 9.17) is 5.11 Å².